The van der Waals surface area contributed by atoms with Crippen molar-refractivity contribution in [2.45, 2.75) is 0 Å². The molecule has 0 unspecified atom stereocenters. The van der Waals surface area contributed by atoms with E-state index in [1.807, 2.05) is 18.2 Å². The van der Waals surface area contributed by atoms with Crippen LogP contribution in [0.2, 0.25) is 10.3 Å². The molecule has 0 fully saturated rings. The Morgan fingerprint density at radius 2 is 1.92 bits per heavy atom. The van der Waals surface area contributed by atoms with Crippen LogP contribution >= 0.6 is 39.1 Å². The molecule has 2 aromatic rings. The lowest BCUT2D eigenvalue weighted by Gasteiger charge is -2.00. The van der Waals surface area contributed by atoms with Gasteiger partial charge >= 0.3 is 0 Å². The van der Waals surface area contributed by atoms with Gasteiger partial charge in [0, 0.05) is 9.86 Å². The molecule has 0 N–H and O–H groups in total. The number of nitrogens with zero attached hydrogens (tertiary/aromatic N) is 1. The van der Waals surface area contributed by atoms with Crippen molar-refractivity contribution in [2.24, 2.45) is 0 Å². The Hall–Kier alpha value is -0.310. The van der Waals surface area contributed by atoms with Crippen LogP contribution in [0.4, 0.5) is 0 Å². The fourth-order valence-corrected chi connectivity index (χ4v) is 2.01. The predicted molar refractivity (Wildman–Crippen MR) is 59.5 cm³/mol. The molecule has 0 bridgehead atoms. The molecule has 0 saturated heterocycles. The van der Waals surface area contributed by atoms with Crippen molar-refractivity contribution in [3.8, 4) is 0 Å². The molecule has 1 nitrogen and oxygen atoms in total. The summed E-state index contributed by atoms with van der Waals surface area (Å²) in [7, 11) is 0. The van der Waals surface area contributed by atoms with Crippen molar-refractivity contribution in [3.05, 3.63) is 39.0 Å². The van der Waals surface area contributed by atoms with Gasteiger partial charge in [0.25, 0.3) is 0 Å². The summed E-state index contributed by atoms with van der Waals surface area (Å²) in [4.78, 5) is 3.95. The standard InChI is InChI=1S/C9H4BrCl2N/c10-6-2-1-5-3-8(11)13-9(12)7(5)4-6/h1-4H. The van der Waals surface area contributed by atoms with Gasteiger partial charge in [-0.15, -0.1) is 0 Å². The van der Waals surface area contributed by atoms with Crippen molar-refractivity contribution >= 4 is 49.9 Å². The highest BCUT2D eigenvalue weighted by Gasteiger charge is 2.02. The molecule has 0 aliphatic rings. The van der Waals surface area contributed by atoms with E-state index in [0.29, 0.717) is 10.3 Å². The van der Waals surface area contributed by atoms with Crippen molar-refractivity contribution in [2.75, 3.05) is 0 Å². The lowest BCUT2D eigenvalue weighted by atomic mass is 10.2. The normalized spacial score (nSPS) is 10.7. The van der Waals surface area contributed by atoms with E-state index in [-0.39, 0.29) is 0 Å². The summed E-state index contributed by atoms with van der Waals surface area (Å²) in [6.07, 6.45) is 0. The van der Waals surface area contributed by atoms with E-state index in [0.717, 1.165) is 15.2 Å². The molecule has 0 radical (unpaired) electrons. The Morgan fingerprint density at radius 3 is 2.69 bits per heavy atom. The van der Waals surface area contributed by atoms with Gasteiger partial charge in [-0.25, -0.2) is 4.98 Å². The van der Waals surface area contributed by atoms with E-state index in [4.69, 9.17) is 23.2 Å². The molecule has 0 saturated carbocycles. The van der Waals surface area contributed by atoms with Crippen LogP contribution in [0.15, 0.2) is 28.7 Å². The Bertz CT molecular complexity index is 470. The molecule has 0 spiro atoms. The third-order valence-corrected chi connectivity index (χ3v) is 2.69. The molecule has 0 aliphatic heterocycles. The van der Waals surface area contributed by atoms with E-state index in [1.54, 1.807) is 6.07 Å². The first kappa shape index (κ1) is 9.25. The summed E-state index contributed by atoms with van der Waals surface area (Å²) in [5.41, 5.74) is 0. The summed E-state index contributed by atoms with van der Waals surface area (Å²) >= 11 is 15.0. The number of benzene rings is 1. The number of aromatic nitrogens is 1. The first-order valence-electron chi connectivity index (χ1n) is 3.58. The van der Waals surface area contributed by atoms with Gasteiger partial charge in [-0.3, -0.25) is 0 Å². The average Bonchev–Trinajstić information content (AvgIpc) is 2.06. The van der Waals surface area contributed by atoms with Gasteiger partial charge in [0.15, 0.2) is 0 Å². The van der Waals surface area contributed by atoms with Gasteiger partial charge in [-0.2, -0.15) is 0 Å². The average molecular weight is 277 g/mol. The van der Waals surface area contributed by atoms with Gasteiger partial charge < -0.3 is 0 Å². The van der Waals surface area contributed by atoms with Gasteiger partial charge in [-0.1, -0.05) is 45.2 Å². The molecule has 1 aromatic heterocycles. The molecule has 0 amide bonds. The lowest BCUT2D eigenvalue weighted by molar-refractivity contribution is 1.36. The number of halogens is 3. The SMILES string of the molecule is Clc1cc2ccc(Br)cc2c(Cl)n1. The summed E-state index contributed by atoms with van der Waals surface area (Å²) in [5, 5.41) is 2.75. The topological polar surface area (TPSA) is 12.9 Å². The maximum atomic E-state index is 5.92. The maximum Gasteiger partial charge on any atom is 0.138 e. The number of pyridine rings is 1. The highest BCUT2D eigenvalue weighted by molar-refractivity contribution is 9.10. The van der Waals surface area contributed by atoms with Gasteiger partial charge in [-0.05, 0) is 23.6 Å². The van der Waals surface area contributed by atoms with Gasteiger partial charge in [0.1, 0.15) is 10.3 Å². The Kier molecular flexibility index (Phi) is 2.45. The minimum Gasteiger partial charge on any atom is -0.224 e. The van der Waals surface area contributed by atoms with E-state index >= 15 is 0 Å². The second-order valence-corrected chi connectivity index (χ2v) is 4.26. The molecule has 0 aliphatic carbocycles. The Morgan fingerprint density at radius 1 is 1.15 bits per heavy atom. The fourth-order valence-electron chi connectivity index (χ4n) is 1.15. The van der Waals surface area contributed by atoms with Crippen molar-refractivity contribution in [1.29, 1.82) is 0 Å². The van der Waals surface area contributed by atoms with Crippen molar-refractivity contribution < 1.29 is 0 Å². The minimum absolute atomic E-state index is 0.417. The highest BCUT2D eigenvalue weighted by Crippen LogP contribution is 2.27. The van der Waals surface area contributed by atoms with Gasteiger partial charge in [0.2, 0.25) is 0 Å². The zero-order valence-corrected chi connectivity index (χ0v) is 9.49. The van der Waals surface area contributed by atoms with Crippen LogP contribution in [0, 0.1) is 0 Å². The third kappa shape index (κ3) is 1.80. The molecule has 1 heterocycles. The summed E-state index contributed by atoms with van der Waals surface area (Å²) in [5.74, 6) is 0. The molecular formula is C9H4BrCl2N. The Labute approximate surface area is 93.8 Å². The van der Waals surface area contributed by atoms with Crippen molar-refractivity contribution in [1.82, 2.24) is 4.98 Å². The van der Waals surface area contributed by atoms with Crippen LogP contribution in [0.1, 0.15) is 0 Å². The number of hydrogen-bond acceptors (Lipinski definition) is 1. The van der Waals surface area contributed by atoms with Crippen LogP contribution in [-0.2, 0) is 0 Å². The molecule has 0 atom stereocenters. The monoisotopic (exact) mass is 275 g/mol. The fraction of sp³-hybridized carbons (Fsp3) is 0. The number of hydrogen-bond donors (Lipinski definition) is 0. The number of fused-ring (bicyclic) bond motifs is 1. The zero-order chi connectivity index (χ0) is 9.42. The molecule has 4 heteroatoms. The Balaban J connectivity index is 2.87. The first-order chi connectivity index (χ1) is 6.16. The van der Waals surface area contributed by atoms with E-state index in [2.05, 4.69) is 20.9 Å². The molecular weight excluding hydrogens is 273 g/mol. The quantitative estimate of drug-likeness (QED) is 0.654. The second-order valence-electron chi connectivity index (χ2n) is 2.60. The van der Waals surface area contributed by atoms with Crippen LogP contribution < -0.4 is 0 Å². The van der Waals surface area contributed by atoms with Crippen molar-refractivity contribution in [3.63, 3.8) is 0 Å². The van der Waals surface area contributed by atoms with E-state index < -0.39 is 0 Å². The van der Waals surface area contributed by atoms with Crippen LogP contribution in [0.3, 0.4) is 0 Å². The zero-order valence-electron chi connectivity index (χ0n) is 6.39. The second kappa shape index (κ2) is 3.45. The first-order valence-corrected chi connectivity index (χ1v) is 5.13. The van der Waals surface area contributed by atoms with E-state index in [1.165, 1.54) is 0 Å². The highest BCUT2D eigenvalue weighted by atomic mass is 79.9. The molecule has 1 aromatic carbocycles. The molecule has 13 heavy (non-hydrogen) atoms. The van der Waals surface area contributed by atoms with E-state index in [9.17, 15) is 0 Å². The largest absolute Gasteiger partial charge is 0.224 e. The maximum absolute atomic E-state index is 5.92. The molecule has 66 valence electrons. The third-order valence-electron chi connectivity index (χ3n) is 1.72. The summed E-state index contributed by atoms with van der Waals surface area (Å²) in [6, 6.07) is 7.59. The molecule has 2 rings (SSSR count). The summed E-state index contributed by atoms with van der Waals surface area (Å²) in [6.45, 7) is 0. The predicted octanol–water partition coefficient (Wildman–Crippen LogP) is 4.30. The van der Waals surface area contributed by atoms with Crippen LogP contribution in [-0.4, -0.2) is 4.98 Å². The van der Waals surface area contributed by atoms with Crippen LogP contribution in [0.5, 0.6) is 0 Å². The number of rotatable bonds is 0. The van der Waals surface area contributed by atoms with Gasteiger partial charge in [0.05, 0.1) is 0 Å². The lowest BCUT2D eigenvalue weighted by Crippen LogP contribution is -1.80. The van der Waals surface area contributed by atoms with Crippen LogP contribution in [0.25, 0.3) is 10.8 Å². The summed E-state index contributed by atoms with van der Waals surface area (Å²) < 4.78 is 0.978. The smallest absolute Gasteiger partial charge is 0.138 e. The minimum atomic E-state index is 0.417.